The Balaban J connectivity index is 2.24. The maximum absolute atomic E-state index is 11.2. The molecule has 98 valence electrons. The van der Waals surface area contributed by atoms with Gasteiger partial charge in [-0.05, 0) is 31.5 Å². The lowest BCUT2D eigenvalue weighted by atomic mass is 9.95. The molecule has 2 atom stereocenters. The molecule has 0 saturated carbocycles. The van der Waals surface area contributed by atoms with Crippen LogP contribution in [0, 0.1) is 10.1 Å². The first-order valence-electron chi connectivity index (χ1n) is 6.12. The number of nitrogens with zero attached hydrogens (tertiary/aromatic N) is 2. The lowest BCUT2D eigenvalue weighted by molar-refractivity contribution is -0.521. The van der Waals surface area contributed by atoms with Crippen molar-refractivity contribution in [3.05, 3.63) is 44.4 Å². The van der Waals surface area contributed by atoms with Crippen molar-refractivity contribution in [2.75, 3.05) is 13.1 Å². The predicted octanol–water partition coefficient (Wildman–Crippen LogP) is 2.90. The first kappa shape index (κ1) is 13.5. The number of nitro groups is 1. The Kier molecular flexibility index (Phi) is 4.02. The van der Waals surface area contributed by atoms with E-state index in [1.165, 1.54) is 0 Å². The maximum atomic E-state index is 11.2. The third-order valence-corrected chi connectivity index (χ3v) is 4.15. The van der Waals surface area contributed by atoms with Gasteiger partial charge in [0, 0.05) is 22.0 Å². The van der Waals surface area contributed by atoms with E-state index in [-0.39, 0.29) is 10.8 Å². The highest BCUT2D eigenvalue weighted by Crippen LogP contribution is 2.31. The zero-order valence-electron chi connectivity index (χ0n) is 10.5. The molecule has 0 spiro atoms. The van der Waals surface area contributed by atoms with Crippen LogP contribution >= 0.6 is 15.9 Å². The molecule has 1 fully saturated rings. The minimum atomic E-state index is -0.492. The summed E-state index contributed by atoms with van der Waals surface area (Å²) in [6, 6.07) is 7.72. The quantitative estimate of drug-likeness (QED) is 0.637. The van der Waals surface area contributed by atoms with Crippen LogP contribution in [0.25, 0.3) is 0 Å². The molecule has 1 aliphatic rings. The number of halogens is 1. The molecule has 1 aromatic carbocycles. The Hall–Kier alpha value is -0.940. The summed E-state index contributed by atoms with van der Waals surface area (Å²) >= 11 is 3.39. The Morgan fingerprint density at radius 3 is 2.44 bits per heavy atom. The Morgan fingerprint density at radius 1 is 1.33 bits per heavy atom. The molecule has 5 heteroatoms. The predicted molar refractivity (Wildman–Crippen MR) is 74.4 cm³/mol. The van der Waals surface area contributed by atoms with Gasteiger partial charge < -0.3 is 0 Å². The normalized spacial score (nSPS) is 24.7. The largest absolute Gasteiger partial charge is 0.293 e. The number of hydrogen-bond acceptors (Lipinski definition) is 3. The summed E-state index contributed by atoms with van der Waals surface area (Å²) in [5, 5.41) is 11.2. The van der Waals surface area contributed by atoms with Crippen LogP contribution in [-0.2, 0) is 0 Å². The van der Waals surface area contributed by atoms with Crippen LogP contribution in [0.15, 0.2) is 28.7 Å². The van der Waals surface area contributed by atoms with Crippen molar-refractivity contribution < 1.29 is 4.92 Å². The second kappa shape index (κ2) is 5.36. The van der Waals surface area contributed by atoms with Gasteiger partial charge in [-0.1, -0.05) is 28.1 Å². The minimum Gasteiger partial charge on any atom is -0.293 e. The summed E-state index contributed by atoms with van der Waals surface area (Å²) in [4.78, 5) is 13.2. The molecule has 1 aliphatic heterocycles. The van der Waals surface area contributed by atoms with E-state index in [0.717, 1.165) is 16.6 Å². The molecule has 18 heavy (non-hydrogen) atoms. The van der Waals surface area contributed by atoms with Crippen molar-refractivity contribution >= 4 is 15.9 Å². The van der Waals surface area contributed by atoms with E-state index in [1.807, 2.05) is 24.3 Å². The molecule has 0 aromatic heterocycles. The second-order valence-electron chi connectivity index (χ2n) is 5.06. The highest BCUT2D eigenvalue weighted by Gasteiger charge is 2.42. The van der Waals surface area contributed by atoms with Crippen LogP contribution < -0.4 is 0 Å². The van der Waals surface area contributed by atoms with Crippen LogP contribution in [0.3, 0.4) is 0 Å². The van der Waals surface area contributed by atoms with Crippen molar-refractivity contribution in [1.82, 2.24) is 4.90 Å². The summed E-state index contributed by atoms with van der Waals surface area (Å²) in [7, 11) is 0. The third-order valence-electron chi connectivity index (χ3n) is 3.62. The van der Waals surface area contributed by atoms with E-state index in [2.05, 4.69) is 34.7 Å². The van der Waals surface area contributed by atoms with E-state index in [0.29, 0.717) is 12.6 Å². The fourth-order valence-corrected chi connectivity index (χ4v) is 2.75. The van der Waals surface area contributed by atoms with Crippen LogP contribution in [0.4, 0.5) is 0 Å². The molecular formula is C13H17BrN2O2. The first-order chi connectivity index (χ1) is 8.49. The molecule has 0 unspecified atom stereocenters. The topological polar surface area (TPSA) is 46.4 Å². The molecular weight excluding hydrogens is 296 g/mol. The summed E-state index contributed by atoms with van der Waals surface area (Å²) in [6.07, 6.45) is 0. The van der Waals surface area contributed by atoms with Crippen molar-refractivity contribution in [3.63, 3.8) is 0 Å². The Morgan fingerprint density at radius 2 is 1.94 bits per heavy atom. The van der Waals surface area contributed by atoms with Crippen molar-refractivity contribution in [3.8, 4) is 0 Å². The van der Waals surface area contributed by atoms with Crippen molar-refractivity contribution in [1.29, 1.82) is 0 Å². The molecule has 0 radical (unpaired) electrons. The zero-order valence-corrected chi connectivity index (χ0v) is 12.1. The standard InChI is InChI=1S/C13H17BrN2O2/c1-9(2)15-7-12(13(8-15)16(17)18)10-3-5-11(14)6-4-10/h3-6,9,12-13H,7-8H2,1-2H3/t12-,13+/m1/s1. The summed E-state index contributed by atoms with van der Waals surface area (Å²) in [5.74, 6) is -0.00417. The van der Waals surface area contributed by atoms with Gasteiger partial charge in [0.1, 0.15) is 0 Å². The minimum absolute atomic E-state index is 0.00417. The van der Waals surface area contributed by atoms with E-state index in [4.69, 9.17) is 0 Å². The highest BCUT2D eigenvalue weighted by atomic mass is 79.9. The van der Waals surface area contributed by atoms with Gasteiger partial charge in [0.15, 0.2) is 0 Å². The van der Waals surface area contributed by atoms with Gasteiger partial charge >= 0.3 is 0 Å². The van der Waals surface area contributed by atoms with Crippen LogP contribution in [0.1, 0.15) is 25.3 Å². The second-order valence-corrected chi connectivity index (χ2v) is 5.97. The van der Waals surface area contributed by atoms with E-state index in [9.17, 15) is 10.1 Å². The molecule has 0 aliphatic carbocycles. The van der Waals surface area contributed by atoms with Crippen LogP contribution in [0.5, 0.6) is 0 Å². The van der Waals surface area contributed by atoms with E-state index < -0.39 is 6.04 Å². The van der Waals surface area contributed by atoms with E-state index >= 15 is 0 Å². The Labute approximate surface area is 115 Å². The number of benzene rings is 1. The lowest BCUT2D eigenvalue weighted by Gasteiger charge is -2.19. The molecule has 0 N–H and O–H groups in total. The summed E-state index contributed by atoms with van der Waals surface area (Å²) < 4.78 is 1.00. The maximum Gasteiger partial charge on any atom is 0.233 e. The molecule has 0 bridgehead atoms. The molecule has 2 rings (SSSR count). The average molecular weight is 313 g/mol. The van der Waals surface area contributed by atoms with Gasteiger partial charge in [-0.25, -0.2) is 0 Å². The monoisotopic (exact) mass is 312 g/mol. The van der Waals surface area contributed by atoms with Gasteiger partial charge in [0.2, 0.25) is 6.04 Å². The molecule has 4 nitrogen and oxygen atoms in total. The van der Waals surface area contributed by atoms with E-state index in [1.54, 1.807) is 0 Å². The summed E-state index contributed by atoms with van der Waals surface area (Å²) in [6.45, 7) is 5.48. The van der Waals surface area contributed by atoms with Gasteiger partial charge in [0.05, 0.1) is 12.5 Å². The van der Waals surface area contributed by atoms with Gasteiger partial charge in [-0.3, -0.25) is 15.0 Å². The summed E-state index contributed by atoms with van der Waals surface area (Å²) in [5.41, 5.74) is 1.06. The third kappa shape index (κ3) is 2.72. The molecule has 1 saturated heterocycles. The fraction of sp³-hybridized carbons (Fsp3) is 0.538. The number of likely N-dealkylation sites (tertiary alicyclic amines) is 1. The van der Waals surface area contributed by atoms with Gasteiger partial charge in [0.25, 0.3) is 0 Å². The lowest BCUT2D eigenvalue weighted by Crippen LogP contribution is -2.31. The average Bonchev–Trinajstić information content (AvgIpc) is 2.75. The number of hydrogen-bond donors (Lipinski definition) is 0. The van der Waals surface area contributed by atoms with Gasteiger partial charge in [-0.2, -0.15) is 0 Å². The zero-order chi connectivity index (χ0) is 13.3. The molecule has 1 heterocycles. The number of rotatable bonds is 3. The Bertz CT molecular complexity index is 433. The first-order valence-corrected chi connectivity index (χ1v) is 6.91. The molecule has 1 aromatic rings. The highest BCUT2D eigenvalue weighted by molar-refractivity contribution is 9.10. The smallest absolute Gasteiger partial charge is 0.233 e. The van der Waals surface area contributed by atoms with Crippen LogP contribution in [0.2, 0.25) is 0 Å². The van der Waals surface area contributed by atoms with Gasteiger partial charge in [-0.15, -0.1) is 0 Å². The fourth-order valence-electron chi connectivity index (χ4n) is 2.49. The van der Waals surface area contributed by atoms with Crippen molar-refractivity contribution in [2.45, 2.75) is 31.8 Å². The SMILES string of the molecule is CC(C)N1C[C@H](c2ccc(Br)cc2)[C@@H]([N+](=O)[O-])C1. The van der Waals surface area contributed by atoms with Crippen molar-refractivity contribution in [2.24, 2.45) is 0 Å². The van der Waals surface area contributed by atoms with Crippen LogP contribution in [-0.4, -0.2) is 35.0 Å². The molecule has 0 amide bonds.